The monoisotopic (exact) mass is 296 g/mol. The minimum absolute atomic E-state index is 0.206. The number of hydrogen-bond donors (Lipinski definition) is 2. The van der Waals surface area contributed by atoms with E-state index in [1.807, 2.05) is 6.92 Å². The van der Waals surface area contributed by atoms with Gasteiger partial charge in [-0.3, -0.25) is 0 Å². The molecule has 1 aliphatic rings. The fraction of sp³-hybridized carbons (Fsp3) is 0.538. The third-order valence-corrected chi connectivity index (χ3v) is 5.57. The number of thioether (sulfide) groups is 1. The minimum atomic E-state index is -0.693. The average Bonchev–Trinajstić information content (AvgIpc) is 2.94. The zero-order valence-corrected chi connectivity index (χ0v) is 12.4. The van der Waals surface area contributed by atoms with Crippen molar-refractivity contribution in [2.24, 2.45) is 0 Å². The van der Waals surface area contributed by atoms with Crippen LogP contribution in [0, 0.1) is 6.92 Å². The normalized spacial score (nSPS) is 15.9. The topological polar surface area (TPSA) is 66.2 Å². The number of aryl methyl sites for hydroxylation is 3. The highest BCUT2D eigenvalue weighted by Gasteiger charge is 2.22. The van der Waals surface area contributed by atoms with Gasteiger partial charge in [-0.25, -0.2) is 9.97 Å². The van der Waals surface area contributed by atoms with Crippen molar-refractivity contribution in [1.29, 1.82) is 0 Å². The van der Waals surface area contributed by atoms with Gasteiger partial charge >= 0.3 is 0 Å². The quantitative estimate of drug-likeness (QED) is 0.666. The van der Waals surface area contributed by atoms with Crippen LogP contribution in [0.1, 0.15) is 22.7 Å². The Labute approximate surface area is 119 Å². The number of aliphatic hydroxyl groups excluding tert-OH is 2. The van der Waals surface area contributed by atoms with E-state index in [1.165, 1.54) is 34.0 Å². The second-order valence-electron chi connectivity index (χ2n) is 4.76. The van der Waals surface area contributed by atoms with Crippen LogP contribution in [0.5, 0.6) is 0 Å². The molecule has 2 aromatic heterocycles. The summed E-state index contributed by atoms with van der Waals surface area (Å²) in [5, 5.41) is 20.5. The van der Waals surface area contributed by atoms with E-state index in [0.717, 1.165) is 28.5 Å². The van der Waals surface area contributed by atoms with Gasteiger partial charge in [0, 0.05) is 16.0 Å². The predicted molar refractivity (Wildman–Crippen MR) is 78.0 cm³/mol. The zero-order chi connectivity index (χ0) is 13.4. The Hall–Kier alpha value is -0.690. The van der Waals surface area contributed by atoms with E-state index in [1.54, 1.807) is 11.3 Å². The molecule has 2 aromatic rings. The van der Waals surface area contributed by atoms with Gasteiger partial charge in [0.25, 0.3) is 0 Å². The van der Waals surface area contributed by atoms with Gasteiger partial charge in [-0.05, 0) is 31.7 Å². The molecule has 1 atom stereocenters. The van der Waals surface area contributed by atoms with Crippen molar-refractivity contribution < 1.29 is 10.2 Å². The molecule has 102 valence electrons. The first-order chi connectivity index (χ1) is 9.19. The summed E-state index contributed by atoms with van der Waals surface area (Å²) in [5.74, 6) is 1.24. The highest BCUT2D eigenvalue weighted by atomic mass is 32.2. The van der Waals surface area contributed by atoms with Crippen molar-refractivity contribution in [2.45, 2.75) is 37.3 Å². The van der Waals surface area contributed by atoms with E-state index in [-0.39, 0.29) is 6.61 Å². The van der Waals surface area contributed by atoms with E-state index in [2.05, 4.69) is 9.97 Å². The summed E-state index contributed by atoms with van der Waals surface area (Å²) >= 11 is 3.29. The van der Waals surface area contributed by atoms with Gasteiger partial charge in [-0.15, -0.1) is 23.1 Å². The van der Waals surface area contributed by atoms with Crippen molar-refractivity contribution in [1.82, 2.24) is 9.97 Å². The number of aromatic nitrogens is 2. The van der Waals surface area contributed by atoms with Crippen LogP contribution in [0.4, 0.5) is 0 Å². The summed E-state index contributed by atoms with van der Waals surface area (Å²) in [6.07, 6.45) is 2.78. The Bertz CT molecular complexity index is 612. The number of aliphatic hydroxyl groups is 2. The highest BCUT2D eigenvalue weighted by Crippen LogP contribution is 2.40. The van der Waals surface area contributed by atoms with Crippen LogP contribution in [0.25, 0.3) is 10.2 Å². The zero-order valence-electron chi connectivity index (χ0n) is 10.7. The Morgan fingerprint density at radius 3 is 3.00 bits per heavy atom. The molecule has 0 aliphatic heterocycles. The maximum Gasteiger partial charge on any atom is 0.128 e. The standard InChI is InChI=1S/C13H16N2O2S2/c1-7-14-12(18-6-8(17)5-16)11-9-3-2-4-10(9)19-13(11)15-7/h8,16-17H,2-6H2,1H3/t8-/m0/s1. The van der Waals surface area contributed by atoms with Crippen LogP contribution in [-0.4, -0.2) is 38.6 Å². The summed E-state index contributed by atoms with van der Waals surface area (Å²) in [5.41, 5.74) is 1.40. The van der Waals surface area contributed by atoms with Gasteiger partial charge in [-0.2, -0.15) is 0 Å². The maximum atomic E-state index is 9.49. The lowest BCUT2D eigenvalue weighted by atomic mass is 10.2. The molecular weight excluding hydrogens is 280 g/mol. The number of rotatable bonds is 4. The number of thiophene rings is 1. The molecule has 3 rings (SSSR count). The molecule has 6 heteroatoms. The first-order valence-corrected chi connectivity index (χ1v) is 8.20. The van der Waals surface area contributed by atoms with Crippen LogP contribution in [0.3, 0.4) is 0 Å². The third-order valence-electron chi connectivity index (χ3n) is 3.27. The Morgan fingerprint density at radius 2 is 2.21 bits per heavy atom. The molecular formula is C13H16N2O2S2. The largest absolute Gasteiger partial charge is 0.394 e. The fourth-order valence-corrected chi connectivity index (χ4v) is 4.78. The first kappa shape index (κ1) is 13.3. The van der Waals surface area contributed by atoms with Crippen molar-refractivity contribution in [3.8, 4) is 0 Å². The minimum Gasteiger partial charge on any atom is -0.394 e. The van der Waals surface area contributed by atoms with Gasteiger partial charge in [-0.1, -0.05) is 0 Å². The van der Waals surface area contributed by atoms with Crippen LogP contribution >= 0.6 is 23.1 Å². The molecule has 0 saturated heterocycles. The summed E-state index contributed by atoms with van der Waals surface area (Å²) in [7, 11) is 0. The van der Waals surface area contributed by atoms with Crippen molar-refractivity contribution >= 4 is 33.3 Å². The number of fused-ring (bicyclic) bond motifs is 3. The Morgan fingerprint density at radius 1 is 1.37 bits per heavy atom. The smallest absolute Gasteiger partial charge is 0.128 e. The van der Waals surface area contributed by atoms with Gasteiger partial charge in [0.1, 0.15) is 15.7 Å². The molecule has 0 fully saturated rings. The summed E-state index contributed by atoms with van der Waals surface area (Å²) < 4.78 is 0. The molecule has 2 N–H and O–H groups in total. The van der Waals surface area contributed by atoms with E-state index < -0.39 is 6.10 Å². The Kier molecular flexibility index (Phi) is 3.75. The lowest BCUT2D eigenvalue weighted by molar-refractivity contribution is 0.113. The van der Waals surface area contributed by atoms with E-state index >= 15 is 0 Å². The predicted octanol–water partition coefficient (Wildman–Crippen LogP) is 1.93. The summed E-state index contributed by atoms with van der Waals surface area (Å²) in [6, 6.07) is 0. The summed E-state index contributed by atoms with van der Waals surface area (Å²) in [4.78, 5) is 11.6. The van der Waals surface area contributed by atoms with Crippen molar-refractivity contribution in [2.75, 3.05) is 12.4 Å². The molecule has 0 saturated carbocycles. The molecule has 1 aliphatic carbocycles. The van der Waals surface area contributed by atoms with Crippen molar-refractivity contribution in [3.63, 3.8) is 0 Å². The fourth-order valence-electron chi connectivity index (χ4n) is 2.40. The lowest BCUT2D eigenvalue weighted by Crippen LogP contribution is -2.14. The SMILES string of the molecule is Cc1nc(SC[C@@H](O)CO)c2c3c(sc2n1)CCC3. The molecule has 0 bridgehead atoms. The van der Waals surface area contributed by atoms with Crippen LogP contribution in [0.15, 0.2) is 5.03 Å². The molecule has 0 spiro atoms. The average molecular weight is 296 g/mol. The summed E-state index contributed by atoms with van der Waals surface area (Å²) in [6.45, 7) is 1.69. The van der Waals surface area contributed by atoms with Gasteiger partial charge < -0.3 is 10.2 Å². The van der Waals surface area contributed by atoms with Crippen molar-refractivity contribution in [3.05, 3.63) is 16.3 Å². The van der Waals surface area contributed by atoms with E-state index in [4.69, 9.17) is 5.11 Å². The Balaban J connectivity index is 2.01. The molecule has 19 heavy (non-hydrogen) atoms. The third kappa shape index (κ3) is 2.50. The highest BCUT2D eigenvalue weighted by molar-refractivity contribution is 7.99. The van der Waals surface area contributed by atoms with Gasteiger partial charge in [0.15, 0.2) is 0 Å². The first-order valence-electron chi connectivity index (χ1n) is 6.39. The van der Waals surface area contributed by atoms with Crippen LogP contribution in [-0.2, 0) is 12.8 Å². The molecule has 4 nitrogen and oxygen atoms in total. The van der Waals surface area contributed by atoms with Crippen LogP contribution < -0.4 is 0 Å². The lowest BCUT2D eigenvalue weighted by Gasteiger charge is -2.08. The van der Waals surface area contributed by atoms with E-state index in [9.17, 15) is 5.11 Å². The second-order valence-corrected chi connectivity index (χ2v) is 6.85. The number of hydrogen-bond acceptors (Lipinski definition) is 6. The molecule has 0 radical (unpaired) electrons. The molecule has 0 unspecified atom stereocenters. The molecule has 2 heterocycles. The van der Waals surface area contributed by atoms with Crippen LogP contribution in [0.2, 0.25) is 0 Å². The van der Waals surface area contributed by atoms with Gasteiger partial charge in [0.2, 0.25) is 0 Å². The van der Waals surface area contributed by atoms with E-state index in [0.29, 0.717) is 5.75 Å². The number of nitrogens with zero attached hydrogens (tertiary/aromatic N) is 2. The maximum absolute atomic E-state index is 9.49. The van der Waals surface area contributed by atoms with Gasteiger partial charge in [0.05, 0.1) is 12.7 Å². The molecule has 0 aromatic carbocycles. The molecule has 0 amide bonds. The second kappa shape index (κ2) is 5.36.